The van der Waals surface area contributed by atoms with Crippen molar-refractivity contribution in [2.75, 3.05) is 33.7 Å². The molecule has 0 atom stereocenters. The Bertz CT molecular complexity index is 1310. The number of benzene rings is 3. The van der Waals surface area contributed by atoms with Crippen LogP contribution in [0.1, 0.15) is 5.56 Å². The van der Waals surface area contributed by atoms with Crippen molar-refractivity contribution in [3.05, 3.63) is 60.2 Å². The lowest BCUT2D eigenvalue weighted by molar-refractivity contribution is 0.142. The number of nitrogens with one attached hydrogen (secondary N) is 2. The highest BCUT2D eigenvalue weighted by Crippen LogP contribution is 2.47. The Morgan fingerprint density at radius 1 is 0.909 bits per heavy atom. The van der Waals surface area contributed by atoms with E-state index in [0.29, 0.717) is 22.8 Å². The predicted octanol–water partition coefficient (Wildman–Crippen LogP) is 5.01. The summed E-state index contributed by atoms with van der Waals surface area (Å²) in [6, 6.07) is 17.4. The first-order valence-corrected chi connectivity index (χ1v) is 10.3. The molecule has 170 valence electrons. The fraction of sp³-hybridized carbons (Fsp3) is 0.200. The van der Waals surface area contributed by atoms with Gasteiger partial charge in [0.1, 0.15) is 6.61 Å². The first kappa shape index (κ1) is 22.0. The molecule has 8 nitrogen and oxygen atoms in total. The molecule has 0 saturated carbocycles. The smallest absolute Gasteiger partial charge is 0.407 e. The molecule has 4 rings (SSSR count). The van der Waals surface area contributed by atoms with Gasteiger partial charge in [-0.2, -0.15) is 0 Å². The lowest BCUT2D eigenvalue weighted by Gasteiger charge is -2.19. The highest BCUT2D eigenvalue weighted by Gasteiger charge is 2.21. The van der Waals surface area contributed by atoms with Gasteiger partial charge in [0.15, 0.2) is 11.5 Å². The number of fused-ring (bicyclic) bond motifs is 2. The van der Waals surface area contributed by atoms with E-state index >= 15 is 0 Å². The fourth-order valence-electron chi connectivity index (χ4n) is 3.70. The molecule has 0 unspecified atom stereocenters. The van der Waals surface area contributed by atoms with Crippen LogP contribution < -0.4 is 24.8 Å². The molecule has 33 heavy (non-hydrogen) atoms. The zero-order valence-corrected chi connectivity index (χ0v) is 18.9. The summed E-state index contributed by atoms with van der Waals surface area (Å²) in [4.78, 5) is 16.1. The van der Waals surface area contributed by atoms with E-state index in [9.17, 15) is 4.79 Å². The van der Waals surface area contributed by atoms with E-state index in [1.54, 1.807) is 21.3 Å². The Morgan fingerprint density at radius 2 is 1.64 bits per heavy atom. The fourth-order valence-corrected chi connectivity index (χ4v) is 3.70. The molecule has 8 heteroatoms. The second-order valence-electron chi connectivity index (χ2n) is 7.19. The quantitative estimate of drug-likeness (QED) is 0.385. The third kappa shape index (κ3) is 4.27. The van der Waals surface area contributed by atoms with Crippen LogP contribution in [0.5, 0.6) is 17.2 Å². The molecule has 0 aliphatic rings. The van der Waals surface area contributed by atoms with Crippen LogP contribution in [0.2, 0.25) is 0 Å². The number of carbonyl (C=O) groups excluding carboxylic acids is 1. The number of rotatable bonds is 7. The Balaban J connectivity index is 1.84. The molecular weight excluding hydrogens is 422 g/mol. The molecule has 0 radical (unpaired) electrons. The van der Waals surface area contributed by atoms with Gasteiger partial charge in [-0.25, -0.2) is 9.78 Å². The van der Waals surface area contributed by atoms with Gasteiger partial charge in [-0.05, 0) is 23.8 Å². The molecule has 2 N–H and O–H groups in total. The second-order valence-corrected chi connectivity index (χ2v) is 7.19. The van der Waals surface area contributed by atoms with Crippen LogP contribution in [-0.2, 0) is 11.3 Å². The van der Waals surface area contributed by atoms with Crippen molar-refractivity contribution in [3.63, 3.8) is 0 Å². The monoisotopic (exact) mass is 447 g/mol. The molecule has 0 saturated heterocycles. The highest BCUT2D eigenvalue weighted by atomic mass is 16.5. The SMILES string of the molecule is CNC(=O)OCc1ccc(Nc2c3ccccc3nc3cc(OC)c(OC)c(OC)c23)cc1. The van der Waals surface area contributed by atoms with Crippen molar-refractivity contribution in [2.24, 2.45) is 0 Å². The molecule has 0 aliphatic carbocycles. The van der Waals surface area contributed by atoms with Gasteiger partial charge < -0.3 is 29.6 Å². The number of pyridine rings is 1. The lowest BCUT2D eigenvalue weighted by atomic mass is 10.0. The van der Waals surface area contributed by atoms with Crippen molar-refractivity contribution in [3.8, 4) is 17.2 Å². The van der Waals surface area contributed by atoms with Crippen molar-refractivity contribution in [1.29, 1.82) is 0 Å². The van der Waals surface area contributed by atoms with Gasteiger partial charge in [0.05, 0.1) is 43.4 Å². The Kier molecular flexibility index (Phi) is 6.35. The van der Waals surface area contributed by atoms with E-state index in [-0.39, 0.29) is 6.61 Å². The van der Waals surface area contributed by atoms with Crippen LogP contribution in [0.15, 0.2) is 54.6 Å². The zero-order valence-electron chi connectivity index (χ0n) is 18.9. The number of carbonyl (C=O) groups is 1. The first-order chi connectivity index (χ1) is 16.1. The summed E-state index contributed by atoms with van der Waals surface area (Å²) in [6.07, 6.45) is -0.469. The maximum Gasteiger partial charge on any atom is 0.407 e. The van der Waals surface area contributed by atoms with Crippen LogP contribution in [0.25, 0.3) is 21.8 Å². The van der Waals surface area contributed by atoms with Gasteiger partial charge in [0.2, 0.25) is 5.75 Å². The summed E-state index contributed by atoms with van der Waals surface area (Å²) < 4.78 is 22.0. The van der Waals surface area contributed by atoms with Gasteiger partial charge in [0.25, 0.3) is 0 Å². The highest BCUT2D eigenvalue weighted by molar-refractivity contribution is 6.12. The molecule has 0 aliphatic heterocycles. The van der Waals surface area contributed by atoms with Crippen LogP contribution in [0.3, 0.4) is 0 Å². The normalized spacial score (nSPS) is 10.7. The number of nitrogens with zero attached hydrogens (tertiary/aromatic N) is 1. The number of alkyl carbamates (subject to hydrolysis) is 1. The van der Waals surface area contributed by atoms with E-state index in [1.807, 2.05) is 54.6 Å². The average Bonchev–Trinajstić information content (AvgIpc) is 2.86. The Morgan fingerprint density at radius 3 is 2.30 bits per heavy atom. The molecule has 0 spiro atoms. The largest absolute Gasteiger partial charge is 0.493 e. The Hall–Kier alpha value is -4.20. The molecule has 4 aromatic rings. The number of anilines is 2. The number of hydrogen-bond acceptors (Lipinski definition) is 7. The number of para-hydroxylation sites is 1. The van der Waals surface area contributed by atoms with Gasteiger partial charge in [0, 0.05) is 24.2 Å². The number of methoxy groups -OCH3 is 3. The third-order valence-corrected chi connectivity index (χ3v) is 5.27. The third-order valence-electron chi connectivity index (χ3n) is 5.27. The van der Waals surface area contributed by atoms with E-state index in [0.717, 1.165) is 33.2 Å². The molecule has 1 heterocycles. The molecule has 1 amide bonds. The van der Waals surface area contributed by atoms with Crippen LogP contribution in [0, 0.1) is 0 Å². The zero-order chi connectivity index (χ0) is 23.4. The lowest BCUT2D eigenvalue weighted by Crippen LogP contribution is -2.18. The van der Waals surface area contributed by atoms with Crippen molar-refractivity contribution in [2.45, 2.75) is 6.61 Å². The maximum atomic E-state index is 11.3. The minimum absolute atomic E-state index is 0.186. The second kappa shape index (κ2) is 9.52. The van der Waals surface area contributed by atoms with Crippen molar-refractivity contribution >= 4 is 39.3 Å². The number of ether oxygens (including phenoxy) is 4. The van der Waals surface area contributed by atoms with E-state index in [1.165, 1.54) is 7.05 Å². The molecule has 0 bridgehead atoms. The van der Waals surface area contributed by atoms with E-state index < -0.39 is 6.09 Å². The summed E-state index contributed by atoms with van der Waals surface area (Å²) in [5.41, 5.74) is 4.10. The molecular formula is C25H25N3O5. The van der Waals surface area contributed by atoms with Crippen molar-refractivity contribution < 1.29 is 23.7 Å². The summed E-state index contributed by atoms with van der Waals surface area (Å²) in [5, 5.41) is 7.66. The van der Waals surface area contributed by atoms with Crippen LogP contribution in [0.4, 0.5) is 16.2 Å². The summed E-state index contributed by atoms with van der Waals surface area (Å²) in [6.45, 7) is 0.186. The van der Waals surface area contributed by atoms with E-state index in [4.69, 9.17) is 23.9 Å². The van der Waals surface area contributed by atoms with Gasteiger partial charge in [-0.15, -0.1) is 0 Å². The van der Waals surface area contributed by atoms with Gasteiger partial charge in [-0.3, -0.25) is 0 Å². The number of aromatic nitrogens is 1. The van der Waals surface area contributed by atoms with E-state index in [2.05, 4.69) is 10.6 Å². The number of amides is 1. The van der Waals surface area contributed by atoms with Crippen LogP contribution in [-0.4, -0.2) is 39.5 Å². The molecule has 0 fully saturated rings. The first-order valence-electron chi connectivity index (χ1n) is 10.3. The topological polar surface area (TPSA) is 90.9 Å². The van der Waals surface area contributed by atoms with Gasteiger partial charge >= 0.3 is 6.09 Å². The average molecular weight is 447 g/mol. The summed E-state index contributed by atoms with van der Waals surface area (Å²) in [5.74, 6) is 1.56. The standard InChI is InChI=1S/C25H25N3O5/c1-26-25(29)33-14-15-9-11-16(12-10-15)27-22-17-7-5-6-8-18(17)28-19-13-20(30-2)23(31-3)24(32-4)21(19)22/h5-13H,14H2,1-4H3,(H,26,29)(H,27,28). The predicted molar refractivity (Wildman–Crippen MR) is 128 cm³/mol. The minimum Gasteiger partial charge on any atom is -0.493 e. The number of hydrogen-bond donors (Lipinski definition) is 2. The van der Waals surface area contributed by atoms with Crippen LogP contribution >= 0.6 is 0 Å². The van der Waals surface area contributed by atoms with Crippen molar-refractivity contribution in [1.82, 2.24) is 10.3 Å². The van der Waals surface area contributed by atoms with Gasteiger partial charge in [-0.1, -0.05) is 30.3 Å². The molecule has 3 aromatic carbocycles. The minimum atomic E-state index is -0.469. The summed E-state index contributed by atoms with van der Waals surface area (Å²) >= 11 is 0. The summed E-state index contributed by atoms with van der Waals surface area (Å²) in [7, 11) is 6.28. The Labute approximate surface area is 191 Å². The molecule has 1 aromatic heterocycles. The maximum absolute atomic E-state index is 11.3.